The average Bonchev–Trinajstić information content (AvgIpc) is 3.10. The molecule has 0 saturated carbocycles. The maximum atomic E-state index is 12.4. The molecule has 5 nitrogen and oxygen atoms in total. The summed E-state index contributed by atoms with van der Waals surface area (Å²) in [5.74, 6) is 2.26. The van der Waals surface area contributed by atoms with E-state index in [1.165, 1.54) is 0 Å². The van der Waals surface area contributed by atoms with Crippen molar-refractivity contribution in [1.29, 1.82) is 0 Å². The van der Waals surface area contributed by atoms with E-state index >= 15 is 0 Å². The SMILES string of the molecule is CC(C)CN1CCN(C(=O)CCc2ncc(-c3ccccc3)o2)CC1. The summed E-state index contributed by atoms with van der Waals surface area (Å²) in [6, 6.07) is 9.90. The molecule has 2 aromatic rings. The average molecular weight is 341 g/mol. The summed E-state index contributed by atoms with van der Waals surface area (Å²) in [5.41, 5.74) is 1.01. The molecular formula is C20H27N3O2. The molecule has 0 radical (unpaired) electrons. The van der Waals surface area contributed by atoms with Crippen LogP contribution in [0.25, 0.3) is 11.3 Å². The number of hydrogen-bond acceptors (Lipinski definition) is 4. The van der Waals surface area contributed by atoms with Crippen LogP contribution >= 0.6 is 0 Å². The number of aryl methyl sites for hydroxylation is 1. The number of rotatable bonds is 6. The van der Waals surface area contributed by atoms with E-state index in [2.05, 4.69) is 23.7 Å². The molecule has 0 N–H and O–H groups in total. The third kappa shape index (κ3) is 4.92. The van der Waals surface area contributed by atoms with E-state index in [1.807, 2.05) is 35.2 Å². The van der Waals surface area contributed by atoms with Crippen molar-refractivity contribution in [3.8, 4) is 11.3 Å². The molecule has 0 bridgehead atoms. The van der Waals surface area contributed by atoms with Crippen molar-refractivity contribution in [2.75, 3.05) is 32.7 Å². The summed E-state index contributed by atoms with van der Waals surface area (Å²) in [6.45, 7) is 9.18. The maximum Gasteiger partial charge on any atom is 0.223 e. The van der Waals surface area contributed by atoms with Gasteiger partial charge >= 0.3 is 0 Å². The highest BCUT2D eigenvalue weighted by Gasteiger charge is 2.21. The fourth-order valence-corrected chi connectivity index (χ4v) is 3.23. The summed E-state index contributed by atoms with van der Waals surface area (Å²) in [5, 5.41) is 0. The minimum Gasteiger partial charge on any atom is -0.441 e. The van der Waals surface area contributed by atoms with Crippen LogP contribution in [0.5, 0.6) is 0 Å². The molecule has 1 fully saturated rings. The summed E-state index contributed by atoms with van der Waals surface area (Å²) in [7, 11) is 0. The molecule has 5 heteroatoms. The van der Waals surface area contributed by atoms with Crippen LogP contribution < -0.4 is 0 Å². The van der Waals surface area contributed by atoms with Crippen LogP contribution in [-0.2, 0) is 11.2 Å². The monoisotopic (exact) mass is 341 g/mol. The molecule has 2 heterocycles. The van der Waals surface area contributed by atoms with Crippen molar-refractivity contribution < 1.29 is 9.21 Å². The van der Waals surface area contributed by atoms with Crippen LogP contribution in [0.4, 0.5) is 0 Å². The zero-order valence-electron chi connectivity index (χ0n) is 15.1. The Hall–Kier alpha value is -2.14. The molecule has 1 saturated heterocycles. The highest BCUT2D eigenvalue weighted by atomic mass is 16.4. The maximum absolute atomic E-state index is 12.4. The van der Waals surface area contributed by atoms with Gasteiger partial charge in [0.25, 0.3) is 0 Å². The molecule has 0 unspecified atom stereocenters. The van der Waals surface area contributed by atoms with Gasteiger partial charge in [-0.2, -0.15) is 0 Å². The number of carbonyl (C=O) groups excluding carboxylic acids is 1. The number of hydrogen-bond donors (Lipinski definition) is 0. The Labute approximate surface area is 149 Å². The van der Waals surface area contributed by atoms with Gasteiger partial charge < -0.3 is 9.32 Å². The lowest BCUT2D eigenvalue weighted by molar-refractivity contribution is -0.133. The molecule has 3 rings (SSSR count). The fourth-order valence-electron chi connectivity index (χ4n) is 3.23. The lowest BCUT2D eigenvalue weighted by atomic mass is 10.2. The summed E-state index contributed by atoms with van der Waals surface area (Å²) in [4.78, 5) is 21.1. The summed E-state index contributed by atoms with van der Waals surface area (Å²) < 4.78 is 5.78. The smallest absolute Gasteiger partial charge is 0.223 e. The molecule has 25 heavy (non-hydrogen) atoms. The van der Waals surface area contributed by atoms with Crippen LogP contribution in [0, 0.1) is 5.92 Å². The van der Waals surface area contributed by atoms with Gasteiger partial charge in [-0.05, 0) is 5.92 Å². The van der Waals surface area contributed by atoms with E-state index < -0.39 is 0 Å². The Morgan fingerprint density at radius 2 is 1.88 bits per heavy atom. The van der Waals surface area contributed by atoms with Gasteiger partial charge in [-0.25, -0.2) is 4.98 Å². The van der Waals surface area contributed by atoms with Crippen LogP contribution in [-0.4, -0.2) is 53.4 Å². The second-order valence-corrected chi connectivity index (χ2v) is 7.06. The van der Waals surface area contributed by atoms with Crippen molar-refractivity contribution in [2.24, 2.45) is 5.92 Å². The number of piperazine rings is 1. The lowest BCUT2D eigenvalue weighted by Gasteiger charge is -2.35. The van der Waals surface area contributed by atoms with Crippen LogP contribution in [0.2, 0.25) is 0 Å². The predicted molar refractivity (Wildman–Crippen MR) is 98.1 cm³/mol. The summed E-state index contributed by atoms with van der Waals surface area (Å²) in [6.07, 6.45) is 2.75. The van der Waals surface area contributed by atoms with Gasteiger partial charge in [0.2, 0.25) is 5.91 Å². The molecule has 1 aliphatic heterocycles. The topological polar surface area (TPSA) is 49.6 Å². The molecular weight excluding hydrogens is 314 g/mol. The number of oxazole rings is 1. The Bertz CT molecular complexity index is 673. The molecule has 1 aromatic carbocycles. The van der Waals surface area contributed by atoms with Crippen molar-refractivity contribution in [3.63, 3.8) is 0 Å². The van der Waals surface area contributed by atoms with E-state index in [4.69, 9.17) is 4.42 Å². The van der Waals surface area contributed by atoms with Gasteiger partial charge in [0.15, 0.2) is 11.7 Å². The highest BCUT2D eigenvalue weighted by Crippen LogP contribution is 2.20. The van der Waals surface area contributed by atoms with E-state index in [9.17, 15) is 4.79 Å². The first-order valence-electron chi connectivity index (χ1n) is 9.12. The zero-order chi connectivity index (χ0) is 17.6. The molecule has 1 aromatic heterocycles. The Morgan fingerprint density at radius 3 is 2.56 bits per heavy atom. The molecule has 0 aliphatic carbocycles. The first-order valence-corrected chi connectivity index (χ1v) is 9.12. The van der Waals surface area contributed by atoms with E-state index in [0.29, 0.717) is 24.7 Å². The van der Waals surface area contributed by atoms with E-state index in [0.717, 1.165) is 44.0 Å². The van der Waals surface area contributed by atoms with Gasteiger partial charge in [0, 0.05) is 51.1 Å². The fraction of sp³-hybridized carbons (Fsp3) is 0.500. The van der Waals surface area contributed by atoms with Crippen LogP contribution in [0.1, 0.15) is 26.2 Å². The zero-order valence-corrected chi connectivity index (χ0v) is 15.1. The number of carbonyl (C=O) groups is 1. The second-order valence-electron chi connectivity index (χ2n) is 7.06. The molecule has 1 aliphatic rings. The third-order valence-electron chi connectivity index (χ3n) is 4.51. The van der Waals surface area contributed by atoms with Crippen LogP contribution in [0.15, 0.2) is 40.9 Å². The van der Waals surface area contributed by atoms with Gasteiger partial charge in [0.05, 0.1) is 6.20 Å². The normalized spacial score (nSPS) is 15.7. The largest absolute Gasteiger partial charge is 0.441 e. The summed E-state index contributed by atoms with van der Waals surface area (Å²) >= 11 is 0. The molecule has 0 atom stereocenters. The first kappa shape index (κ1) is 17.7. The molecule has 134 valence electrons. The van der Waals surface area contributed by atoms with Gasteiger partial charge in [-0.15, -0.1) is 0 Å². The van der Waals surface area contributed by atoms with E-state index in [-0.39, 0.29) is 5.91 Å². The number of amides is 1. The number of benzene rings is 1. The molecule has 1 amide bonds. The van der Waals surface area contributed by atoms with Crippen LogP contribution in [0.3, 0.4) is 0 Å². The minimum atomic E-state index is 0.198. The number of nitrogens with zero attached hydrogens (tertiary/aromatic N) is 3. The lowest BCUT2D eigenvalue weighted by Crippen LogP contribution is -2.49. The van der Waals surface area contributed by atoms with Gasteiger partial charge in [0.1, 0.15) is 0 Å². The first-order chi connectivity index (χ1) is 12.1. The van der Waals surface area contributed by atoms with Gasteiger partial charge in [-0.3, -0.25) is 9.69 Å². The van der Waals surface area contributed by atoms with Crippen molar-refractivity contribution in [1.82, 2.24) is 14.8 Å². The standard InChI is InChI=1S/C20H27N3O2/c1-16(2)15-22-10-12-23(13-11-22)20(24)9-8-19-21-14-18(25-19)17-6-4-3-5-7-17/h3-7,14,16H,8-13,15H2,1-2H3. The van der Waals surface area contributed by atoms with Crippen molar-refractivity contribution in [2.45, 2.75) is 26.7 Å². The molecule has 0 spiro atoms. The van der Waals surface area contributed by atoms with Gasteiger partial charge in [-0.1, -0.05) is 44.2 Å². The minimum absolute atomic E-state index is 0.198. The Morgan fingerprint density at radius 1 is 1.16 bits per heavy atom. The number of aromatic nitrogens is 1. The predicted octanol–water partition coefficient (Wildman–Crippen LogP) is 3.07. The van der Waals surface area contributed by atoms with E-state index in [1.54, 1.807) is 6.20 Å². The highest BCUT2D eigenvalue weighted by molar-refractivity contribution is 5.76. The Kier molecular flexibility index (Phi) is 5.87. The van der Waals surface area contributed by atoms with Crippen molar-refractivity contribution >= 4 is 5.91 Å². The second kappa shape index (κ2) is 8.30. The third-order valence-corrected chi connectivity index (χ3v) is 4.51. The van der Waals surface area contributed by atoms with Crippen molar-refractivity contribution in [3.05, 3.63) is 42.4 Å². The Balaban J connectivity index is 1.46. The quantitative estimate of drug-likeness (QED) is 0.810.